The number of carbonyl (C=O) groups excluding carboxylic acids is 1. The van der Waals surface area contributed by atoms with Crippen LogP contribution in [0, 0.1) is 0 Å². The maximum absolute atomic E-state index is 12.9. The second kappa shape index (κ2) is 4.54. The predicted octanol–water partition coefficient (Wildman–Crippen LogP) is 2.24. The first kappa shape index (κ1) is 13.3. The molecule has 19 heavy (non-hydrogen) atoms. The first-order valence-electron chi connectivity index (χ1n) is 4.89. The number of halogens is 4. The lowest BCUT2D eigenvalue weighted by atomic mass is 10.0. The number of carbonyl (C=O) groups is 1. The lowest BCUT2D eigenvalue weighted by Gasteiger charge is -2.12. The van der Waals surface area contributed by atoms with E-state index in [2.05, 4.69) is 15.4 Å². The van der Waals surface area contributed by atoms with Gasteiger partial charge in [0.25, 0.3) is 5.91 Å². The van der Waals surface area contributed by atoms with Crippen LogP contribution in [0.2, 0.25) is 5.02 Å². The molecule has 100 valence electrons. The molecule has 9 heteroatoms. The molecule has 2 aromatic rings. The zero-order chi connectivity index (χ0) is 14.2. The summed E-state index contributed by atoms with van der Waals surface area (Å²) in [7, 11) is 0. The molecular formula is C10H6ClF3N4O. The average molecular weight is 291 g/mol. The Labute approximate surface area is 109 Å². The normalized spacial score (nSPS) is 11.6. The predicted molar refractivity (Wildman–Crippen MR) is 60.3 cm³/mol. The van der Waals surface area contributed by atoms with Crippen LogP contribution in [-0.2, 0) is 6.18 Å². The summed E-state index contributed by atoms with van der Waals surface area (Å²) in [4.78, 5) is 11.1. The lowest BCUT2D eigenvalue weighted by Crippen LogP contribution is -2.14. The number of nitrogens with one attached hydrogen (secondary N) is 1. The van der Waals surface area contributed by atoms with Crippen molar-refractivity contribution in [3.8, 4) is 11.3 Å². The summed E-state index contributed by atoms with van der Waals surface area (Å²) in [6, 6.07) is 3.24. The van der Waals surface area contributed by atoms with Crippen molar-refractivity contribution in [1.29, 1.82) is 0 Å². The Hall–Kier alpha value is -2.09. The second-order valence-corrected chi connectivity index (χ2v) is 3.95. The van der Waals surface area contributed by atoms with Gasteiger partial charge in [-0.25, -0.2) is 0 Å². The third-order valence-corrected chi connectivity index (χ3v) is 2.65. The maximum Gasteiger partial charge on any atom is 0.417 e. The highest BCUT2D eigenvalue weighted by Gasteiger charge is 2.36. The van der Waals surface area contributed by atoms with Gasteiger partial charge in [0.1, 0.15) is 5.69 Å². The number of amides is 1. The van der Waals surface area contributed by atoms with E-state index >= 15 is 0 Å². The SMILES string of the molecule is NC(=O)c1n[nH]nc1-c1c(Cl)cccc1C(F)(F)F. The summed E-state index contributed by atoms with van der Waals surface area (Å²) in [5.74, 6) is -1.00. The summed E-state index contributed by atoms with van der Waals surface area (Å²) in [5.41, 5.74) is 2.84. The van der Waals surface area contributed by atoms with Crippen molar-refractivity contribution in [2.75, 3.05) is 0 Å². The molecule has 1 aromatic heterocycles. The van der Waals surface area contributed by atoms with Gasteiger partial charge in [0.05, 0.1) is 10.6 Å². The number of nitrogens with two attached hydrogens (primary N) is 1. The van der Waals surface area contributed by atoms with Gasteiger partial charge in [-0.15, -0.1) is 0 Å². The van der Waals surface area contributed by atoms with Crippen LogP contribution in [0.3, 0.4) is 0 Å². The largest absolute Gasteiger partial charge is 0.417 e. The van der Waals surface area contributed by atoms with Gasteiger partial charge in [-0.3, -0.25) is 4.79 Å². The molecule has 3 N–H and O–H groups in total. The number of nitrogens with zero attached hydrogens (tertiary/aromatic N) is 2. The Morgan fingerprint density at radius 2 is 2.00 bits per heavy atom. The summed E-state index contributed by atoms with van der Waals surface area (Å²) in [6.45, 7) is 0. The van der Waals surface area contributed by atoms with Crippen LogP contribution in [0.15, 0.2) is 18.2 Å². The quantitative estimate of drug-likeness (QED) is 0.889. The molecule has 0 aliphatic heterocycles. The van der Waals surface area contributed by atoms with Crippen LogP contribution in [0.1, 0.15) is 16.1 Å². The molecule has 0 aliphatic carbocycles. The minimum absolute atomic E-state index is 0.203. The first-order chi connectivity index (χ1) is 8.82. The fourth-order valence-corrected chi connectivity index (χ4v) is 1.84. The fraction of sp³-hybridized carbons (Fsp3) is 0.100. The van der Waals surface area contributed by atoms with Crippen LogP contribution in [0.25, 0.3) is 11.3 Å². The van der Waals surface area contributed by atoms with Gasteiger partial charge < -0.3 is 5.73 Å². The minimum atomic E-state index is -4.64. The van der Waals surface area contributed by atoms with E-state index in [1.807, 2.05) is 0 Å². The van der Waals surface area contributed by atoms with Crippen LogP contribution in [0.5, 0.6) is 0 Å². The molecule has 0 saturated heterocycles. The van der Waals surface area contributed by atoms with Crippen molar-refractivity contribution in [3.05, 3.63) is 34.5 Å². The molecule has 0 radical (unpaired) electrons. The van der Waals surface area contributed by atoms with E-state index in [4.69, 9.17) is 17.3 Å². The van der Waals surface area contributed by atoms with Crippen LogP contribution in [0.4, 0.5) is 13.2 Å². The van der Waals surface area contributed by atoms with E-state index in [0.717, 1.165) is 12.1 Å². The number of benzene rings is 1. The van der Waals surface area contributed by atoms with Crippen molar-refractivity contribution >= 4 is 17.5 Å². The zero-order valence-corrected chi connectivity index (χ0v) is 9.88. The summed E-state index contributed by atoms with van der Waals surface area (Å²) in [6.07, 6.45) is -4.64. The number of aromatic nitrogens is 3. The van der Waals surface area contributed by atoms with E-state index in [9.17, 15) is 18.0 Å². The highest BCUT2D eigenvalue weighted by atomic mass is 35.5. The number of rotatable bonds is 2. The topological polar surface area (TPSA) is 84.7 Å². The molecule has 0 unspecified atom stereocenters. The third-order valence-electron chi connectivity index (χ3n) is 2.34. The third kappa shape index (κ3) is 2.39. The lowest BCUT2D eigenvalue weighted by molar-refractivity contribution is -0.137. The molecule has 0 atom stereocenters. The number of primary amides is 1. The summed E-state index contributed by atoms with van der Waals surface area (Å²) < 4.78 is 38.8. The molecule has 0 spiro atoms. The van der Waals surface area contributed by atoms with Crippen molar-refractivity contribution in [1.82, 2.24) is 15.4 Å². The Bertz CT molecular complexity index is 638. The van der Waals surface area contributed by atoms with E-state index in [1.165, 1.54) is 6.07 Å². The van der Waals surface area contributed by atoms with Crippen molar-refractivity contribution in [2.24, 2.45) is 5.73 Å². The average Bonchev–Trinajstić information content (AvgIpc) is 2.76. The number of hydrogen-bond acceptors (Lipinski definition) is 3. The van der Waals surface area contributed by atoms with E-state index in [-0.39, 0.29) is 10.7 Å². The molecule has 0 fully saturated rings. The maximum atomic E-state index is 12.9. The van der Waals surface area contributed by atoms with Gasteiger partial charge in [0, 0.05) is 5.56 Å². The van der Waals surface area contributed by atoms with Crippen molar-refractivity contribution in [2.45, 2.75) is 6.18 Å². The smallest absolute Gasteiger partial charge is 0.364 e. The number of hydrogen-bond donors (Lipinski definition) is 2. The highest BCUT2D eigenvalue weighted by molar-refractivity contribution is 6.33. The molecule has 1 amide bonds. The standard InChI is InChI=1S/C10H6ClF3N4O/c11-5-3-1-2-4(10(12,13)14)6(5)7-8(9(15)19)17-18-16-7/h1-3H,(H2,15,19)(H,16,17,18). The molecule has 2 rings (SSSR count). The minimum Gasteiger partial charge on any atom is -0.364 e. The summed E-state index contributed by atoms with van der Waals surface area (Å²) in [5, 5.41) is 8.80. The Morgan fingerprint density at radius 3 is 2.58 bits per heavy atom. The van der Waals surface area contributed by atoms with Crippen molar-refractivity contribution in [3.63, 3.8) is 0 Å². The molecular weight excluding hydrogens is 285 g/mol. The second-order valence-electron chi connectivity index (χ2n) is 3.55. The van der Waals surface area contributed by atoms with Crippen LogP contribution < -0.4 is 5.73 Å². The molecule has 1 heterocycles. The molecule has 0 saturated carbocycles. The van der Waals surface area contributed by atoms with Crippen molar-refractivity contribution < 1.29 is 18.0 Å². The van der Waals surface area contributed by atoms with Gasteiger partial charge in [0.15, 0.2) is 5.69 Å². The van der Waals surface area contributed by atoms with Gasteiger partial charge in [0.2, 0.25) is 0 Å². The first-order valence-corrected chi connectivity index (χ1v) is 5.27. The fourth-order valence-electron chi connectivity index (χ4n) is 1.58. The zero-order valence-electron chi connectivity index (χ0n) is 9.12. The van der Waals surface area contributed by atoms with Gasteiger partial charge in [-0.05, 0) is 12.1 Å². The Kier molecular flexibility index (Phi) is 3.19. The Balaban J connectivity index is 2.75. The molecule has 5 nitrogen and oxygen atoms in total. The number of alkyl halides is 3. The highest BCUT2D eigenvalue weighted by Crippen LogP contribution is 2.40. The van der Waals surface area contributed by atoms with Crippen LogP contribution >= 0.6 is 11.6 Å². The van der Waals surface area contributed by atoms with Gasteiger partial charge >= 0.3 is 6.18 Å². The Morgan fingerprint density at radius 1 is 1.32 bits per heavy atom. The number of H-pyrrole nitrogens is 1. The van der Waals surface area contributed by atoms with Gasteiger partial charge in [-0.1, -0.05) is 17.7 Å². The number of aromatic amines is 1. The summed E-state index contributed by atoms with van der Waals surface area (Å²) >= 11 is 5.77. The van der Waals surface area contributed by atoms with Gasteiger partial charge in [-0.2, -0.15) is 28.6 Å². The van der Waals surface area contributed by atoms with E-state index in [1.54, 1.807) is 0 Å². The monoisotopic (exact) mass is 290 g/mol. The molecule has 1 aromatic carbocycles. The van der Waals surface area contributed by atoms with Crippen LogP contribution in [-0.4, -0.2) is 21.3 Å². The van der Waals surface area contributed by atoms with E-state index in [0.29, 0.717) is 0 Å². The van der Waals surface area contributed by atoms with E-state index < -0.39 is 28.9 Å². The molecule has 0 bridgehead atoms. The molecule has 0 aliphatic rings.